The van der Waals surface area contributed by atoms with Crippen LogP contribution in [0.1, 0.15) is 23.7 Å². The van der Waals surface area contributed by atoms with Crippen molar-refractivity contribution in [2.75, 3.05) is 19.5 Å². The van der Waals surface area contributed by atoms with E-state index in [1.807, 2.05) is 18.2 Å². The van der Waals surface area contributed by atoms with Gasteiger partial charge in [0.15, 0.2) is 11.5 Å². The third-order valence-corrected chi connectivity index (χ3v) is 3.47. The van der Waals surface area contributed by atoms with Crippen molar-refractivity contribution in [1.82, 2.24) is 5.43 Å². The van der Waals surface area contributed by atoms with Crippen molar-refractivity contribution in [3.63, 3.8) is 0 Å². The van der Waals surface area contributed by atoms with Gasteiger partial charge in [-0.2, -0.15) is 5.10 Å². The zero-order valence-electron chi connectivity index (χ0n) is 14.9. The molecule has 0 bridgehead atoms. The number of methoxy groups -OCH3 is 2. The summed E-state index contributed by atoms with van der Waals surface area (Å²) in [6, 6.07) is 13.9. The van der Waals surface area contributed by atoms with Crippen LogP contribution in [-0.2, 0) is 4.79 Å². The quantitative estimate of drug-likeness (QED) is 0.590. The van der Waals surface area contributed by atoms with Crippen LogP contribution in [-0.4, -0.2) is 31.7 Å². The summed E-state index contributed by atoms with van der Waals surface area (Å²) in [5, 5.41) is 6.72. The van der Waals surface area contributed by atoms with Crippen molar-refractivity contribution in [1.29, 1.82) is 0 Å². The third kappa shape index (κ3) is 5.34. The van der Waals surface area contributed by atoms with Crippen molar-refractivity contribution >= 4 is 23.2 Å². The normalized spacial score (nSPS) is 10.8. The molecule has 2 amide bonds. The number of hydrogen-bond donors (Lipinski definition) is 2. The number of hydrogen-bond acceptors (Lipinski definition) is 5. The molecule has 0 fully saturated rings. The molecule has 0 heterocycles. The minimum absolute atomic E-state index is 0.0705. The fourth-order valence-electron chi connectivity index (χ4n) is 2.19. The number of rotatable bonds is 7. The third-order valence-electron chi connectivity index (χ3n) is 3.47. The molecule has 0 aromatic heterocycles. The predicted octanol–water partition coefficient (Wildman–Crippen LogP) is 2.84. The Kier molecular flexibility index (Phi) is 6.73. The van der Waals surface area contributed by atoms with Gasteiger partial charge < -0.3 is 14.8 Å². The summed E-state index contributed by atoms with van der Waals surface area (Å²) in [6.45, 7) is 1.67. The van der Waals surface area contributed by atoms with Crippen LogP contribution in [0.5, 0.6) is 11.5 Å². The van der Waals surface area contributed by atoms with Crippen molar-refractivity contribution < 1.29 is 19.1 Å². The molecule has 0 aliphatic rings. The highest BCUT2D eigenvalue weighted by atomic mass is 16.5. The first-order chi connectivity index (χ1) is 12.5. The Hall–Kier alpha value is -3.35. The summed E-state index contributed by atoms with van der Waals surface area (Å²) in [5.41, 5.74) is 3.98. The average molecular weight is 355 g/mol. The molecule has 2 rings (SSSR count). The molecule has 26 heavy (non-hydrogen) atoms. The van der Waals surface area contributed by atoms with Gasteiger partial charge in [-0.25, -0.2) is 5.43 Å². The van der Waals surface area contributed by atoms with Crippen LogP contribution in [0.25, 0.3) is 0 Å². The summed E-state index contributed by atoms with van der Waals surface area (Å²) >= 11 is 0. The molecule has 0 spiro atoms. The first-order valence-electron chi connectivity index (χ1n) is 7.94. The van der Waals surface area contributed by atoms with Crippen LogP contribution in [0, 0.1) is 0 Å². The lowest BCUT2D eigenvalue weighted by Gasteiger charge is -2.09. The number of ether oxygens (including phenoxy) is 2. The van der Waals surface area contributed by atoms with Gasteiger partial charge in [-0.15, -0.1) is 0 Å². The lowest BCUT2D eigenvalue weighted by Crippen LogP contribution is -2.21. The van der Waals surface area contributed by atoms with E-state index in [4.69, 9.17) is 9.47 Å². The fraction of sp³-hybridized carbons (Fsp3) is 0.211. The second-order valence-corrected chi connectivity index (χ2v) is 5.45. The first-order valence-corrected chi connectivity index (χ1v) is 7.94. The van der Waals surface area contributed by atoms with E-state index in [1.165, 1.54) is 14.2 Å². The summed E-state index contributed by atoms with van der Waals surface area (Å²) < 4.78 is 10.3. The Morgan fingerprint density at radius 1 is 1.00 bits per heavy atom. The van der Waals surface area contributed by atoms with E-state index >= 15 is 0 Å². The lowest BCUT2D eigenvalue weighted by atomic mass is 10.2. The van der Waals surface area contributed by atoms with Gasteiger partial charge in [0.25, 0.3) is 5.91 Å². The standard InChI is InChI=1S/C19H21N3O4/c1-13(11-18(23)20-15-7-5-4-6-8-15)21-22-19(24)14-9-10-16(25-2)17(12-14)26-3/h4-10,12H,11H2,1-3H3,(H,20,23)(H,22,24)/b21-13+. The molecule has 0 aliphatic heterocycles. The van der Waals surface area contributed by atoms with Gasteiger partial charge in [-0.3, -0.25) is 9.59 Å². The molecule has 7 nitrogen and oxygen atoms in total. The Labute approximate surface area is 152 Å². The number of para-hydroxylation sites is 1. The van der Waals surface area contributed by atoms with Gasteiger partial charge in [-0.1, -0.05) is 18.2 Å². The maximum absolute atomic E-state index is 12.2. The van der Waals surface area contributed by atoms with E-state index in [0.717, 1.165) is 0 Å². The fourth-order valence-corrected chi connectivity index (χ4v) is 2.19. The number of nitrogens with one attached hydrogen (secondary N) is 2. The molecular weight excluding hydrogens is 334 g/mol. The van der Waals surface area contributed by atoms with Crippen molar-refractivity contribution in [2.45, 2.75) is 13.3 Å². The maximum Gasteiger partial charge on any atom is 0.271 e. The van der Waals surface area contributed by atoms with Gasteiger partial charge >= 0.3 is 0 Å². The molecule has 0 saturated heterocycles. The summed E-state index contributed by atoms with van der Waals surface area (Å²) in [5.74, 6) is 0.357. The molecular formula is C19H21N3O4. The molecule has 0 radical (unpaired) electrons. The first kappa shape index (κ1) is 19.0. The van der Waals surface area contributed by atoms with Gasteiger partial charge in [0.2, 0.25) is 5.91 Å². The van der Waals surface area contributed by atoms with Crippen molar-refractivity contribution in [2.24, 2.45) is 5.10 Å². The molecule has 2 aromatic carbocycles. The lowest BCUT2D eigenvalue weighted by molar-refractivity contribution is -0.115. The second-order valence-electron chi connectivity index (χ2n) is 5.45. The highest BCUT2D eigenvalue weighted by Crippen LogP contribution is 2.27. The molecule has 0 aliphatic carbocycles. The SMILES string of the molecule is COc1ccc(C(=O)N/N=C(\C)CC(=O)Nc2ccccc2)cc1OC. The number of carbonyl (C=O) groups is 2. The molecule has 0 saturated carbocycles. The Bertz CT molecular complexity index is 804. The summed E-state index contributed by atoms with van der Waals surface area (Å²) in [4.78, 5) is 24.1. The zero-order chi connectivity index (χ0) is 18.9. The molecule has 7 heteroatoms. The minimum atomic E-state index is -0.409. The maximum atomic E-state index is 12.2. The minimum Gasteiger partial charge on any atom is -0.493 e. The van der Waals surface area contributed by atoms with Gasteiger partial charge in [0.05, 0.1) is 20.6 Å². The van der Waals surface area contributed by atoms with Crippen LogP contribution in [0.4, 0.5) is 5.69 Å². The second kappa shape index (κ2) is 9.22. The van der Waals surface area contributed by atoms with E-state index in [9.17, 15) is 9.59 Å². The smallest absolute Gasteiger partial charge is 0.271 e. The van der Waals surface area contributed by atoms with Crippen LogP contribution >= 0.6 is 0 Å². The van der Waals surface area contributed by atoms with Crippen LogP contribution < -0.4 is 20.2 Å². The summed E-state index contributed by atoms with van der Waals surface area (Å²) in [6.07, 6.45) is 0.0705. The number of anilines is 1. The number of hydrazone groups is 1. The average Bonchev–Trinajstić information content (AvgIpc) is 2.66. The van der Waals surface area contributed by atoms with Gasteiger partial charge in [0.1, 0.15) is 0 Å². The van der Waals surface area contributed by atoms with E-state index in [1.54, 1.807) is 37.3 Å². The number of benzene rings is 2. The highest BCUT2D eigenvalue weighted by molar-refractivity contribution is 6.06. The Balaban J connectivity index is 1.93. The molecule has 136 valence electrons. The molecule has 2 aromatic rings. The van der Waals surface area contributed by atoms with Crippen LogP contribution in [0.15, 0.2) is 53.6 Å². The van der Waals surface area contributed by atoms with Crippen LogP contribution in [0.2, 0.25) is 0 Å². The zero-order valence-corrected chi connectivity index (χ0v) is 14.9. The molecule has 0 atom stereocenters. The largest absolute Gasteiger partial charge is 0.493 e. The van der Waals surface area contributed by atoms with Crippen molar-refractivity contribution in [3.8, 4) is 11.5 Å². The van der Waals surface area contributed by atoms with Gasteiger partial charge in [0, 0.05) is 17.0 Å². The van der Waals surface area contributed by atoms with E-state index < -0.39 is 5.91 Å². The number of amides is 2. The molecule has 0 unspecified atom stereocenters. The summed E-state index contributed by atoms with van der Waals surface area (Å²) in [7, 11) is 3.01. The van der Waals surface area contributed by atoms with E-state index in [-0.39, 0.29) is 12.3 Å². The molecule has 2 N–H and O–H groups in total. The van der Waals surface area contributed by atoms with Gasteiger partial charge in [-0.05, 0) is 37.3 Å². The predicted molar refractivity (Wildman–Crippen MR) is 99.8 cm³/mol. The Morgan fingerprint density at radius 2 is 1.69 bits per heavy atom. The van der Waals surface area contributed by atoms with E-state index in [0.29, 0.717) is 28.5 Å². The number of nitrogens with zero attached hydrogens (tertiary/aromatic N) is 1. The Morgan fingerprint density at radius 3 is 2.35 bits per heavy atom. The monoisotopic (exact) mass is 355 g/mol. The topological polar surface area (TPSA) is 89.0 Å². The van der Waals surface area contributed by atoms with Crippen molar-refractivity contribution in [3.05, 3.63) is 54.1 Å². The number of carbonyl (C=O) groups excluding carboxylic acids is 2. The highest BCUT2D eigenvalue weighted by Gasteiger charge is 2.11. The van der Waals surface area contributed by atoms with Crippen LogP contribution in [0.3, 0.4) is 0 Å². The van der Waals surface area contributed by atoms with E-state index in [2.05, 4.69) is 15.8 Å².